The van der Waals surface area contributed by atoms with Gasteiger partial charge < -0.3 is 20.3 Å². The number of guanidine groups is 1. The van der Waals surface area contributed by atoms with E-state index in [1.54, 1.807) is 7.05 Å². The average Bonchev–Trinajstić information content (AvgIpc) is 3.24. The highest BCUT2D eigenvalue weighted by molar-refractivity contribution is 5.80. The lowest BCUT2D eigenvalue weighted by Crippen LogP contribution is -2.37. The molecule has 32 heavy (non-hydrogen) atoms. The monoisotopic (exact) mass is 436 g/mol. The fourth-order valence-electron chi connectivity index (χ4n) is 3.73. The molecule has 0 aliphatic carbocycles. The normalized spacial score (nSPS) is 14.1. The van der Waals surface area contributed by atoms with Crippen LogP contribution in [0, 0.1) is 6.92 Å². The number of nitrogens with zero attached hydrogens (tertiary/aromatic N) is 2. The Hall–Kier alpha value is -3.02. The molecule has 2 aromatic carbocycles. The Morgan fingerprint density at radius 1 is 1.16 bits per heavy atom. The number of carbonyl (C=O) groups is 1. The predicted molar refractivity (Wildman–Crippen MR) is 130 cm³/mol. The molecule has 0 spiro atoms. The van der Waals surface area contributed by atoms with Crippen molar-refractivity contribution in [1.82, 2.24) is 15.5 Å². The molecular weight excluding hydrogens is 400 g/mol. The van der Waals surface area contributed by atoms with Crippen molar-refractivity contribution >= 4 is 11.9 Å². The number of rotatable bonds is 9. The minimum Gasteiger partial charge on any atom is -0.490 e. The van der Waals surface area contributed by atoms with E-state index in [0.29, 0.717) is 19.5 Å². The van der Waals surface area contributed by atoms with Crippen molar-refractivity contribution in [2.45, 2.75) is 65.8 Å². The minimum absolute atomic E-state index is 0.175. The number of nitrogens with one attached hydrogen (secondary N) is 2. The summed E-state index contributed by atoms with van der Waals surface area (Å²) >= 11 is 0. The highest BCUT2D eigenvalue weighted by atomic mass is 16.5. The van der Waals surface area contributed by atoms with E-state index in [0.717, 1.165) is 43.2 Å². The lowest BCUT2D eigenvalue weighted by atomic mass is 10.1. The van der Waals surface area contributed by atoms with Gasteiger partial charge in [0.2, 0.25) is 5.91 Å². The van der Waals surface area contributed by atoms with Crippen LogP contribution in [0.2, 0.25) is 0 Å². The largest absolute Gasteiger partial charge is 0.490 e. The first-order valence-corrected chi connectivity index (χ1v) is 11.6. The van der Waals surface area contributed by atoms with E-state index in [2.05, 4.69) is 66.7 Å². The van der Waals surface area contributed by atoms with Crippen molar-refractivity contribution < 1.29 is 9.53 Å². The standard InChI is InChI=1S/C26H36N4O2/c1-5-20(3)32-24-15-19(2)12-13-21(24)16-29-26(27-4)28-14-8-11-25(31)30-17-22-9-6-7-10-23(22)18-30/h6-7,9-10,12-13,15,20H,5,8,11,14,16-18H2,1-4H3,(H2,27,28,29). The summed E-state index contributed by atoms with van der Waals surface area (Å²) in [6, 6.07) is 14.6. The molecule has 0 saturated heterocycles. The third-order valence-electron chi connectivity index (χ3n) is 5.85. The molecule has 1 heterocycles. The SMILES string of the molecule is CCC(C)Oc1cc(C)ccc1CNC(=NC)NCCCC(=O)N1Cc2ccccc2C1. The lowest BCUT2D eigenvalue weighted by molar-refractivity contribution is -0.131. The second-order valence-electron chi connectivity index (χ2n) is 8.42. The van der Waals surface area contributed by atoms with Crippen LogP contribution in [0.25, 0.3) is 0 Å². The van der Waals surface area contributed by atoms with Gasteiger partial charge in [-0.1, -0.05) is 43.3 Å². The lowest BCUT2D eigenvalue weighted by Gasteiger charge is -2.18. The third-order valence-corrected chi connectivity index (χ3v) is 5.85. The zero-order valence-electron chi connectivity index (χ0n) is 19.8. The van der Waals surface area contributed by atoms with Gasteiger partial charge in [0.15, 0.2) is 5.96 Å². The highest BCUT2D eigenvalue weighted by Gasteiger charge is 2.22. The summed E-state index contributed by atoms with van der Waals surface area (Å²) in [5, 5.41) is 6.67. The summed E-state index contributed by atoms with van der Waals surface area (Å²) < 4.78 is 6.10. The van der Waals surface area contributed by atoms with E-state index < -0.39 is 0 Å². The topological polar surface area (TPSA) is 66.0 Å². The van der Waals surface area contributed by atoms with Gasteiger partial charge in [-0.3, -0.25) is 9.79 Å². The molecule has 6 nitrogen and oxygen atoms in total. The second kappa shape index (κ2) is 11.6. The summed E-state index contributed by atoms with van der Waals surface area (Å²) in [5.74, 6) is 1.85. The number of fused-ring (bicyclic) bond motifs is 1. The molecule has 1 aliphatic rings. The number of carbonyl (C=O) groups excluding carboxylic acids is 1. The number of benzene rings is 2. The van der Waals surface area contributed by atoms with Crippen molar-refractivity contribution in [3.63, 3.8) is 0 Å². The first-order chi connectivity index (χ1) is 15.5. The van der Waals surface area contributed by atoms with E-state index in [-0.39, 0.29) is 12.0 Å². The van der Waals surface area contributed by atoms with Crippen molar-refractivity contribution in [3.8, 4) is 5.75 Å². The molecule has 2 aromatic rings. The first-order valence-electron chi connectivity index (χ1n) is 11.6. The van der Waals surface area contributed by atoms with Crippen LogP contribution in [0.5, 0.6) is 5.75 Å². The maximum Gasteiger partial charge on any atom is 0.223 e. The maximum atomic E-state index is 12.6. The molecule has 1 amide bonds. The Balaban J connectivity index is 1.42. The first kappa shape index (κ1) is 23.6. The molecule has 3 rings (SSSR count). The quantitative estimate of drug-likeness (QED) is 0.352. The number of amides is 1. The van der Waals surface area contributed by atoms with E-state index >= 15 is 0 Å². The van der Waals surface area contributed by atoms with Gasteiger partial charge in [-0.05, 0) is 49.4 Å². The van der Waals surface area contributed by atoms with Crippen LogP contribution in [-0.2, 0) is 24.4 Å². The van der Waals surface area contributed by atoms with Crippen LogP contribution in [0.1, 0.15) is 55.4 Å². The molecule has 0 fully saturated rings. The molecule has 0 bridgehead atoms. The number of ether oxygens (including phenoxy) is 1. The Kier molecular flexibility index (Phi) is 8.54. The Bertz CT molecular complexity index is 916. The van der Waals surface area contributed by atoms with Gasteiger partial charge in [-0.15, -0.1) is 0 Å². The van der Waals surface area contributed by atoms with E-state index in [4.69, 9.17) is 4.74 Å². The Morgan fingerprint density at radius 2 is 1.88 bits per heavy atom. The summed E-state index contributed by atoms with van der Waals surface area (Å²) in [5.41, 5.74) is 4.80. The van der Waals surface area contributed by atoms with Gasteiger partial charge in [0.1, 0.15) is 5.75 Å². The summed E-state index contributed by atoms with van der Waals surface area (Å²) in [6.07, 6.45) is 2.43. The number of hydrogen-bond acceptors (Lipinski definition) is 3. The Labute approximate surface area is 192 Å². The van der Waals surface area contributed by atoms with Crippen LogP contribution in [0.4, 0.5) is 0 Å². The maximum absolute atomic E-state index is 12.6. The zero-order valence-corrected chi connectivity index (χ0v) is 19.8. The average molecular weight is 437 g/mol. The van der Waals surface area contributed by atoms with Crippen LogP contribution in [0.15, 0.2) is 47.5 Å². The molecule has 1 unspecified atom stereocenters. The third kappa shape index (κ3) is 6.49. The molecular formula is C26H36N4O2. The molecule has 2 N–H and O–H groups in total. The number of aliphatic imine (C=N–C) groups is 1. The van der Waals surface area contributed by atoms with Crippen LogP contribution in [-0.4, -0.2) is 36.5 Å². The smallest absolute Gasteiger partial charge is 0.223 e. The fourth-order valence-corrected chi connectivity index (χ4v) is 3.73. The summed E-state index contributed by atoms with van der Waals surface area (Å²) in [6.45, 7) is 9.04. The van der Waals surface area contributed by atoms with E-state index in [9.17, 15) is 4.79 Å². The van der Waals surface area contributed by atoms with E-state index in [1.807, 2.05) is 17.0 Å². The summed E-state index contributed by atoms with van der Waals surface area (Å²) in [4.78, 5) is 18.8. The van der Waals surface area contributed by atoms with E-state index in [1.165, 1.54) is 16.7 Å². The van der Waals surface area contributed by atoms with Crippen molar-refractivity contribution in [1.29, 1.82) is 0 Å². The Morgan fingerprint density at radius 3 is 2.53 bits per heavy atom. The van der Waals surface area contributed by atoms with Crippen molar-refractivity contribution in [2.75, 3.05) is 13.6 Å². The van der Waals surface area contributed by atoms with Gasteiger partial charge in [0, 0.05) is 45.2 Å². The summed E-state index contributed by atoms with van der Waals surface area (Å²) in [7, 11) is 1.76. The molecule has 1 atom stereocenters. The molecule has 0 aromatic heterocycles. The molecule has 0 saturated carbocycles. The van der Waals surface area contributed by atoms with Crippen LogP contribution < -0.4 is 15.4 Å². The fraction of sp³-hybridized carbons (Fsp3) is 0.462. The van der Waals surface area contributed by atoms with Gasteiger partial charge in [0.25, 0.3) is 0 Å². The van der Waals surface area contributed by atoms with Crippen molar-refractivity contribution in [2.24, 2.45) is 4.99 Å². The second-order valence-corrected chi connectivity index (χ2v) is 8.42. The van der Waals surface area contributed by atoms with Crippen LogP contribution in [0.3, 0.4) is 0 Å². The van der Waals surface area contributed by atoms with Crippen molar-refractivity contribution in [3.05, 3.63) is 64.7 Å². The number of hydrogen-bond donors (Lipinski definition) is 2. The van der Waals surface area contributed by atoms with Gasteiger partial charge in [-0.2, -0.15) is 0 Å². The van der Waals surface area contributed by atoms with Gasteiger partial charge >= 0.3 is 0 Å². The zero-order chi connectivity index (χ0) is 22.9. The highest BCUT2D eigenvalue weighted by Crippen LogP contribution is 2.23. The predicted octanol–water partition coefficient (Wildman–Crippen LogP) is 4.16. The molecule has 0 radical (unpaired) electrons. The number of aryl methyl sites for hydroxylation is 1. The molecule has 1 aliphatic heterocycles. The minimum atomic E-state index is 0.175. The molecule has 172 valence electrons. The van der Waals surface area contributed by atoms with Gasteiger partial charge in [-0.25, -0.2) is 0 Å². The van der Waals surface area contributed by atoms with Gasteiger partial charge in [0.05, 0.1) is 6.10 Å². The van der Waals surface area contributed by atoms with Crippen LogP contribution >= 0.6 is 0 Å². The molecule has 6 heteroatoms.